The first-order valence-electron chi connectivity index (χ1n) is 7.27. The van der Waals surface area contributed by atoms with Crippen LogP contribution in [0.5, 0.6) is 0 Å². The molecule has 5 nitrogen and oxygen atoms in total. The Morgan fingerprint density at radius 1 is 1.38 bits per heavy atom. The Kier molecular flexibility index (Phi) is 4.83. The van der Waals surface area contributed by atoms with E-state index in [0.29, 0.717) is 37.6 Å². The molecule has 0 saturated heterocycles. The number of carbonyl (C=O) groups excluding carboxylic acids is 2. The lowest BCUT2D eigenvalue weighted by molar-refractivity contribution is 0.0877. The van der Waals surface area contributed by atoms with Crippen molar-refractivity contribution < 1.29 is 14.3 Å². The molecule has 1 N–H and O–H groups in total. The van der Waals surface area contributed by atoms with Crippen molar-refractivity contribution in [1.29, 1.82) is 0 Å². The minimum Gasteiger partial charge on any atom is -0.449 e. The van der Waals surface area contributed by atoms with Crippen molar-refractivity contribution in [2.45, 2.75) is 26.8 Å². The molecular weight excluding hydrogens is 268 g/mol. The van der Waals surface area contributed by atoms with Crippen LogP contribution >= 0.6 is 0 Å². The molecule has 0 fully saturated rings. The zero-order chi connectivity index (χ0) is 15.4. The fourth-order valence-corrected chi connectivity index (χ4v) is 2.44. The fraction of sp³-hybridized carbons (Fsp3) is 0.500. The molecule has 114 valence electrons. The highest BCUT2D eigenvalue weighted by Crippen LogP contribution is 2.23. The first kappa shape index (κ1) is 15.4. The summed E-state index contributed by atoms with van der Waals surface area (Å²) in [4.78, 5) is 25.6. The van der Waals surface area contributed by atoms with Crippen LogP contribution in [0, 0.1) is 5.92 Å². The molecule has 21 heavy (non-hydrogen) atoms. The average molecular weight is 290 g/mol. The highest BCUT2D eigenvalue weighted by molar-refractivity contribution is 5.96. The van der Waals surface area contributed by atoms with Crippen LogP contribution in [-0.4, -0.2) is 37.1 Å². The molecule has 2 amide bonds. The lowest BCUT2D eigenvalue weighted by atomic mass is 9.94. The molecule has 1 aromatic rings. The average Bonchev–Trinajstić information content (AvgIpc) is 2.50. The van der Waals surface area contributed by atoms with Crippen molar-refractivity contribution >= 4 is 12.0 Å². The maximum absolute atomic E-state index is 12.0. The number of hydrogen-bond acceptors (Lipinski definition) is 3. The summed E-state index contributed by atoms with van der Waals surface area (Å²) >= 11 is 0. The predicted molar refractivity (Wildman–Crippen MR) is 80.1 cm³/mol. The molecular formula is C16H22N2O3. The lowest BCUT2D eigenvalue weighted by Gasteiger charge is -2.29. The van der Waals surface area contributed by atoms with Gasteiger partial charge in [0.05, 0.1) is 6.61 Å². The molecule has 1 aliphatic heterocycles. The van der Waals surface area contributed by atoms with E-state index in [1.165, 1.54) is 0 Å². The van der Waals surface area contributed by atoms with E-state index in [0.717, 1.165) is 11.1 Å². The SMILES string of the molecule is CNC(=O)c1cccc2c1CCN(C(=O)OCC(C)C)C2. The summed E-state index contributed by atoms with van der Waals surface area (Å²) in [6.07, 6.45) is 0.398. The second-order valence-corrected chi connectivity index (χ2v) is 5.66. The minimum absolute atomic E-state index is 0.0808. The van der Waals surface area contributed by atoms with Gasteiger partial charge < -0.3 is 15.0 Å². The first-order chi connectivity index (χ1) is 10.0. The van der Waals surface area contributed by atoms with Crippen LogP contribution in [-0.2, 0) is 17.7 Å². The van der Waals surface area contributed by atoms with Crippen molar-refractivity contribution in [3.05, 3.63) is 34.9 Å². The van der Waals surface area contributed by atoms with Gasteiger partial charge in [-0.05, 0) is 29.5 Å². The Bertz CT molecular complexity index is 540. The predicted octanol–water partition coefficient (Wildman–Crippen LogP) is 2.20. The summed E-state index contributed by atoms with van der Waals surface area (Å²) in [6.45, 7) is 5.53. The van der Waals surface area contributed by atoms with Gasteiger partial charge in [-0.1, -0.05) is 26.0 Å². The molecule has 2 rings (SSSR count). The second kappa shape index (κ2) is 6.61. The van der Waals surface area contributed by atoms with E-state index < -0.39 is 0 Å². The van der Waals surface area contributed by atoms with Crippen molar-refractivity contribution in [1.82, 2.24) is 10.2 Å². The molecule has 5 heteroatoms. The third kappa shape index (κ3) is 3.54. The molecule has 0 spiro atoms. The van der Waals surface area contributed by atoms with Crippen LogP contribution in [0.4, 0.5) is 4.79 Å². The van der Waals surface area contributed by atoms with Gasteiger partial charge in [0.2, 0.25) is 0 Å². The standard InChI is InChI=1S/C16H22N2O3/c1-11(2)10-21-16(20)18-8-7-13-12(9-18)5-4-6-14(13)15(19)17-3/h4-6,11H,7-10H2,1-3H3,(H,17,19). The molecule has 0 saturated carbocycles. The lowest BCUT2D eigenvalue weighted by Crippen LogP contribution is -2.37. The largest absolute Gasteiger partial charge is 0.449 e. The summed E-state index contributed by atoms with van der Waals surface area (Å²) in [5.74, 6) is 0.244. The van der Waals surface area contributed by atoms with Gasteiger partial charge in [-0.2, -0.15) is 0 Å². The Morgan fingerprint density at radius 3 is 2.81 bits per heavy atom. The van der Waals surface area contributed by atoms with Gasteiger partial charge >= 0.3 is 6.09 Å². The van der Waals surface area contributed by atoms with Crippen LogP contribution in [0.25, 0.3) is 0 Å². The van der Waals surface area contributed by atoms with Crippen LogP contribution in [0.3, 0.4) is 0 Å². The molecule has 0 bridgehead atoms. The zero-order valence-electron chi connectivity index (χ0n) is 12.8. The number of fused-ring (bicyclic) bond motifs is 1. The Labute approximate surface area is 125 Å². The molecule has 1 heterocycles. The van der Waals surface area contributed by atoms with E-state index in [4.69, 9.17) is 4.74 Å². The maximum atomic E-state index is 12.0. The highest BCUT2D eigenvalue weighted by atomic mass is 16.6. The van der Waals surface area contributed by atoms with E-state index in [1.54, 1.807) is 11.9 Å². The van der Waals surface area contributed by atoms with E-state index in [9.17, 15) is 9.59 Å². The van der Waals surface area contributed by atoms with E-state index in [-0.39, 0.29) is 12.0 Å². The van der Waals surface area contributed by atoms with Crippen LogP contribution < -0.4 is 5.32 Å². The minimum atomic E-state index is -0.278. The van der Waals surface area contributed by atoms with Crippen molar-refractivity contribution in [2.75, 3.05) is 20.2 Å². The number of ether oxygens (including phenoxy) is 1. The van der Waals surface area contributed by atoms with Crippen LogP contribution in [0.15, 0.2) is 18.2 Å². The first-order valence-corrected chi connectivity index (χ1v) is 7.27. The van der Waals surface area contributed by atoms with Crippen LogP contribution in [0.2, 0.25) is 0 Å². The van der Waals surface area contributed by atoms with Gasteiger partial charge in [-0.3, -0.25) is 4.79 Å². The number of amides is 2. The normalized spacial score (nSPS) is 13.8. The smallest absolute Gasteiger partial charge is 0.410 e. The van der Waals surface area contributed by atoms with E-state index in [2.05, 4.69) is 5.32 Å². The van der Waals surface area contributed by atoms with Gasteiger partial charge in [0.1, 0.15) is 0 Å². The Morgan fingerprint density at radius 2 is 2.14 bits per heavy atom. The number of benzene rings is 1. The Hall–Kier alpha value is -2.04. The molecule has 0 atom stereocenters. The second-order valence-electron chi connectivity index (χ2n) is 5.66. The summed E-state index contributed by atoms with van der Waals surface area (Å²) < 4.78 is 5.26. The molecule has 0 aromatic heterocycles. The summed E-state index contributed by atoms with van der Waals surface area (Å²) in [6, 6.07) is 5.64. The maximum Gasteiger partial charge on any atom is 0.410 e. The van der Waals surface area contributed by atoms with Gasteiger partial charge in [-0.15, -0.1) is 0 Å². The fourth-order valence-electron chi connectivity index (χ4n) is 2.44. The molecule has 0 radical (unpaired) electrons. The monoisotopic (exact) mass is 290 g/mol. The number of nitrogens with zero attached hydrogens (tertiary/aromatic N) is 1. The number of rotatable bonds is 3. The van der Waals surface area contributed by atoms with Gasteiger partial charge in [0.25, 0.3) is 5.91 Å². The number of hydrogen-bond donors (Lipinski definition) is 1. The van der Waals surface area contributed by atoms with E-state index in [1.807, 2.05) is 32.0 Å². The van der Waals surface area contributed by atoms with E-state index >= 15 is 0 Å². The number of nitrogens with one attached hydrogen (secondary N) is 1. The van der Waals surface area contributed by atoms with Crippen molar-refractivity contribution in [3.63, 3.8) is 0 Å². The van der Waals surface area contributed by atoms with Crippen molar-refractivity contribution in [2.24, 2.45) is 5.92 Å². The molecule has 1 aromatic carbocycles. The molecule has 0 unspecified atom stereocenters. The Balaban J connectivity index is 2.11. The van der Waals surface area contributed by atoms with Gasteiger partial charge in [0.15, 0.2) is 0 Å². The highest BCUT2D eigenvalue weighted by Gasteiger charge is 2.24. The third-order valence-electron chi connectivity index (χ3n) is 3.54. The topological polar surface area (TPSA) is 58.6 Å². The van der Waals surface area contributed by atoms with Crippen molar-refractivity contribution in [3.8, 4) is 0 Å². The molecule has 0 aliphatic carbocycles. The molecule has 1 aliphatic rings. The van der Waals surface area contributed by atoms with Gasteiger partial charge in [-0.25, -0.2) is 4.79 Å². The number of carbonyl (C=O) groups is 2. The third-order valence-corrected chi connectivity index (χ3v) is 3.54. The zero-order valence-corrected chi connectivity index (χ0v) is 12.8. The quantitative estimate of drug-likeness (QED) is 0.928. The summed E-state index contributed by atoms with van der Waals surface area (Å²) in [5.41, 5.74) is 2.75. The summed E-state index contributed by atoms with van der Waals surface area (Å²) in [7, 11) is 1.63. The van der Waals surface area contributed by atoms with Gasteiger partial charge in [0, 0.05) is 25.7 Å². The summed E-state index contributed by atoms with van der Waals surface area (Å²) in [5, 5.41) is 2.65. The van der Waals surface area contributed by atoms with Crippen LogP contribution in [0.1, 0.15) is 35.3 Å².